The fraction of sp³-hybridized carbons (Fsp3) is 0.500. The Labute approximate surface area is 164 Å². The van der Waals surface area contributed by atoms with E-state index in [1.165, 1.54) is 24.0 Å². The molecule has 0 atom stereocenters. The molecule has 2 heterocycles. The minimum Gasteiger partial charge on any atom is -0.369 e. The Balaban J connectivity index is 1.55. The predicted molar refractivity (Wildman–Crippen MR) is 110 cm³/mol. The van der Waals surface area contributed by atoms with Gasteiger partial charge >= 0.3 is 0 Å². The monoisotopic (exact) mass is 415 g/mol. The highest BCUT2D eigenvalue weighted by molar-refractivity contribution is 9.10. The number of likely N-dealkylation sites (N-methyl/N-ethyl adjacent to an activating group) is 1. The number of halogens is 1. The van der Waals surface area contributed by atoms with Gasteiger partial charge in [-0.15, -0.1) is 0 Å². The van der Waals surface area contributed by atoms with E-state index in [1.54, 1.807) is 0 Å². The van der Waals surface area contributed by atoms with E-state index in [4.69, 9.17) is 9.97 Å². The Morgan fingerprint density at radius 2 is 2.04 bits per heavy atom. The Morgan fingerprint density at radius 3 is 2.81 bits per heavy atom. The third-order valence-electron chi connectivity index (χ3n) is 5.04. The second kappa shape index (κ2) is 7.53. The summed E-state index contributed by atoms with van der Waals surface area (Å²) in [6, 6.07) is 8.72. The third-order valence-corrected chi connectivity index (χ3v) is 5.54. The molecule has 5 nitrogen and oxygen atoms in total. The van der Waals surface area contributed by atoms with Gasteiger partial charge in [0, 0.05) is 42.6 Å². The number of nitrogens with zero attached hydrogens (tertiary/aromatic N) is 4. The summed E-state index contributed by atoms with van der Waals surface area (Å²) in [6.45, 7) is 3.80. The van der Waals surface area contributed by atoms with Crippen molar-refractivity contribution < 1.29 is 0 Å². The van der Waals surface area contributed by atoms with E-state index in [-0.39, 0.29) is 0 Å². The fourth-order valence-corrected chi connectivity index (χ4v) is 3.76. The first-order valence-corrected chi connectivity index (χ1v) is 10.2. The molecular formula is C20H26BrN5. The molecule has 138 valence electrons. The van der Waals surface area contributed by atoms with E-state index < -0.39 is 0 Å². The molecule has 2 aromatic rings. The molecule has 0 amide bonds. The highest BCUT2D eigenvalue weighted by atomic mass is 79.9. The van der Waals surface area contributed by atoms with Crippen molar-refractivity contribution in [2.45, 2.75) is 31.7 Å². The standard InChI is InChI=1S/C20H26BrN5/c1-25(2)10-8-22-18-12-19(24-20(23-18)14-3-4-14)26-9-7-15-11-17(21)6-5-16(15)13-26/h5-6,11-12,14H,3-4,7-10,13H2,1-2H3,(H,22,23,24). The van der Waals surface area contributed by atoms with Crippen LogP contribution in [0.15, 0.2) is 28.7 Å². The van der Waals surface area contributed by atoms with Crippen LogP contribution in [-0.4, -0.2) is 48.6 Å². The van der Waals surface area contributed by atoms with E-state index >= 15 is 0 Å². The van der Waals surface area contributed by atoms with Gasteiger partial charge in [-0.05, 0) is 56.6 Å². The molecular weight excluding hydrogens is 390 g/mol. The normalized spacial score (nSPS) is 16.7. The van der Waals surface area contributed by atoms with E-state index in [9.17, 15) is 0 Å². The Kier molecular flexibility index (Phi) is 5.14. The molecule has 0 spiro atoms. The van der Waals surface area contributed by atoms with Crippen molar-refractivity contribution in [2.75, 3.05) is 43.9 Å². The highest BCUT2D eigenvalue weighted by Gasteiger charge is 2.28. The van der Waals surface area contributed by atoms with Gasteiger partial charge in [0.25, 0.3) is 0 Å². The van der Waals surface area contributed by atoms with Gasteiger partial charge in [0.2, 0.25) is 0 Å². The molecule has 26 heavy (non-hydrogen) atoms. The number of anilines is 2. The molecule has 0 bridgehead atoms. The first kappa shape index (κ1) is 17.7. The van der Waals surface area contributed by atoms with Crippen molar-refractivity contribution in [3.05, 3.63) is 45.7 Å². The first-order valence-electron chi connectivity index (χ1n) is 9.38. The van der Waals surface area contributed by atoms with E-state index in [0.29, 0.717) is 5.92 Å². The summed E-state index contributed by atoms with van der Waals surface area (Å²) in [6.07, 6.45) is 3.50. The third kappa shape index (κ3) is 4.18. The zero-order chi connectivity index (χ0) is 18.1. The number of nitrogens with one attached hydrogen (secondary N) is 1. The molecule has 4 rings (SSSR count). The minimum atomic E-state index is 0.553. The molecule has 0 radical (unpaired) electrons. The van der Waals surface area contributed by atoms with Crippen molar-refractivity contribution >= 4 is 27.6 Å². The summed E-state index contributed by atoms with van der Waals surface area (Å²) in [5.41, 5.74) is 2.84. The average Bonchev–Trinajstić information content (AvgIpc) is 3.46. The number of hydrogen-bond donors (Lipinski definition) is 1. The largest absolute Gasteiger partial charge is 0.369 e. The summed E-state index contributed by atoms with van der Waals surface area (Å²) in [7, 11) is 4.18. The topological polar surface area (TPSA) is 44.3 Å². The second-order valence-corrected chi connectivity index (χ2v) is 8.47. The van der Waals surface area contributed by atoms with Crippen LogP contribution in [0.25, 0.3) is 0 Å². The van der Waals surface area contributed by atoms with Gasteiger partial charge < -0.3 is 15.1 Å². The second-order valence-electron chi connectivity index (χ2n) is 7.56. The summed E-state index contributed by atoms with van der Waals surface area (Å²) >= 11 is 3.58. The van der Waals surface area contributed by atoms with Gasteiger partial charge in [0.05, 0.1) is 0 Å². The SMILES string of the molecule is CN(C)CCNc1cc(N2CCc3cc(Br)ccc3C2)nc(C2CC2)n1. The lowest BCUT2D eigenvalue weighted by atomic mass is 10.00. The van der Waals surface area contributed by atoms with Crippen LogP contribution in [0.5, 0.6) is 0 Å². The van der Waals surface area contributed by atoms with Crippen molar-refractivity contribution in [3.8, 4) is 0 Å². The number of benzene rings is 1. The quantitative estimate of drug-likeness (QED) is 0.779. The van der Waals surface area contributed by atoms with Crippen molar-refractivity contribution in [1.29, 1.82) is 0 Å². The van der Waals surface area contributed by atoms with Crippen molar-refractivity contribution in [1.82, 2.24) is 14.9 Å². The fourth-order valence-electron chi connectivity index (χ4n) is 3.35. The summed E-state index contributed by atoms with van der Waals surface area (Å²) < 4.78 is 1.16. The van der Waals surface area contributed by atoms with Gasteiger partial charge in [-0.2, -0.15) is 0 Å². The maximum atomic E-state index is 4.91. The van der Waals surface area contributed by atoms with Gasteiger partial charge in [0.15, 0.2) is 0 Å². The lowest BCUT2D eigenvalue weighted by Gasteiger charge is -2.30. The van der Waals surface area contributed by atoms with E-state index in [1.807, 2.05) is 0 Å². The number of fused-ring (bicyclic) bond motifs is 1. The zero-order valence-corrected chi connectivity index (χ0v) is 17.1. The molecule has 1 saturated carbocycles. The molecule has 1 aromatic heterocycles. The van der Waals surface area contributed by atoms with Crippen LogP contribution in [-0.2, 0) is 13.0 Å². The van der Waals surface area contributed by atoms with Crippen molar-refractivity contribution in [3.63, 3.8) is 0 Å². The molecule has 6 heteroatoms. The number of hydrogen-bond acceptors (Lipinski definition) is 5. The van der Waals surface area contributed by atoms with Crippen LogP contribution in [0.4, 0.5) is 11.6 Å². The Morgan fingerprint density at radius 1 is 1.19 bits per heavy atom. The molecule has 1 aromatic carbocycles. The number of aromatic nitrogens is 2. The van der Waals surface area contributed by atoms with Gasteiger partial charge in [0.1, 0.15) is 17.5 Å². The predicted octanol–water partition coefficient (Wildman–Crippen LogP) is 3.65. The lowest BCUT2D eigenvalue weighted by molar-refractivity contribution is 0.425. The van der Waals surface area contributed by atoms with E-state index in [2.05, 4.69) is 69.4 Å². The summed E-state index contributed by atoms with van der Waals surface area (Å²) in [5, 5.41) is 3.48. The van der Waals surface area contributed by atoms with Crippen LogP contribution in [0, 0.1) is 0 Å². The van der Waals surface area contributed by atoms with Gasteiger partial charge in [-0.3, -0.25) is 0 Å². The molecule has 2 aliphatic rings. The first-order chi connectivity index (χ1) is 12.6. The van der Waals surface area contributed by atoms with Crippen LogP contribution in [0.3, 0.4) is 0 Å². The molecule has 0 saturated heterocycles. The summed E-state index contributed by atoms with van der Waals surface area (Å²) in [5.74, 6) is 3.58. The molecule has 1 N–H and O–H groups in total. The van der Waals surface area contributed by atoms with Crippen LogP contribution in [0.2, 0.25) is 0 Å². The Bertz CT molecular complexity index is 788. The minimum absolute atomic E-state index is 0.553. The van der Waals surface area contributed by atoms with E-state index in [0.717, 1.165) is 54.5 Å². The zero-order valence-electron chi connectivity index (χ0n) is 15.5. The average molecular weight is 416 g/mol. The van der Waals surface area contributed by atoms with Crippen LogP contribution < -0.4 is 10.2 Å². The van der Waals surface area contributed by atoms with Gasteiger partial charge in [-0.1, -0.05) is 22.0 Å². The maximum absolute atomic E-state index is 4.91. The van der Waals surface area contributed by atoms with Crippen molar-refractivity contribution in [2.24, 2.45) is 0 Å². The molecule has 0 unspecified atom stereocenters. The highest BCUT2D eigenvalue weighted by Crippen LogP contribution is 2.39. The summed E-state index contributed by atoms with van der Waals surface area (Å²) in [4.78, 5) is 14.2. The maximum Gasteiger partial charge on any atom is 0.136 e. The van der Waals surface area contributed by atoms with Crippen LogP contribution in [0.1, 0.15) is 35.7 Å². The number of rotatable bonds is 6. The lowest BCUT2D eigenvalue weighted by Crippen LogP contribution is -2.31. The molecule has 1 aliphatic heterocycles. The Hall–Kier alpha value is -1.66. The molecule has 1 fully saturated rings. The van der Waals surface area contributed by atoms with Crippen LogP contribution >= 0.6 is 15.9 Å². The smallest absolute Gasteiger partial charge is 0.136 e. The van der Waals surface area contributed by atoms with Gasteiger partial charge in [-0.25, -0.2) is 9.97 Å². The molecule has 1 aliphatic carbocycles.